The molecule has 0 aliphatic heterocycles. The van der Waals surface area contributed by atoms with E-state index in [4.69, 9.17) is 8.83 Å². The largest absolute Gasteiger partial charge is 0.452 e. The summed E-state index contributed by atoms with van der Waals surface area (Å²) in [5.41, 5.74) is 11.1. The summed E-state index contributed by atoms with van der Waals surface area (Å²) in [5, 5.41) is 6.17. The molecule has 11 rings (SSSR count). The second kappa shape index (κ2) is 8.55. The quantitative estimate of drug-likeness (QED) is 0.199. The number of pyridine rings is 4. The molecule has 46 heavy (non-hydrogen) atoms. The van der Waals surface area contributed by atoms with Crippen molar-refractivity contribution < 1.29 is 8.83 Å². The van der Waals surface area contributed by atoms with E-state index in [-0.39, 0.29) is 0 Å². The van der Waals surface area contributed by atoms with Crippen molar-refractivity contribution in [2.45, 2.75) is 0 Å². The molecule has 0 bridgehead atoms. The first-order chi connectivity index (χ1) is 22.8. The molecule has 0 radical (unpaired) electrons. The van der Waals surface area contributed by atoms with Crippen LogP contribution in [0, 0.1) is 0 Å². The smallest absolute Gasteiger partial charge is 0.178 e. The van der Waals surface area contributed by atoms with Gasteiger partial charge in [0.05, 0.1) is 45.5 Å². The predicted molar refractivity (Wildman–Crippen MR) is 181 cm³/mol. The highest BCUT2D eigenvalue weighted by Gasteiger charge is 2.20. The number of fused-ring (bicyclic) bond motifs is 13. The number of benzene rings is 3. The van der Waals surface area contributed by atoms with E-state index in [1.165, 1.54) is 0 Å². The zero-order chi connectivity index (χ0) is 29.9. The minimum atomic E-state index is 0.734. The molecular weight excluding hydrogens is 572 g/mol. The van der Waals surface area contributed by atoms with Gasteiger partial charge in [0.15, 0.2) is 11.2 Å². The number of hydrogen-bond acceptors (Lipinski definition) is 6. The Bertz CT molecular complexity index is 2740. The molecule has 0 amide bonds. The Morgan fingerprint density at radius 1 is 0.435 bits per heavy atom. The van der Waals surface area contributed by atoms with Gasteiger partial charge in [0, 0.05) is 68.5 Å². The summed E-state index contributed by atoms with van der Waals surface area (Å²) in [5.74, 6) is 0. The van der Waals surface area contributed by atoms with Gasteiger partial charge in [-0.3, -0.25) is 19.9 Å². The molecule has 0 aliphatic carbocycles. The third-order valence-electron chi connectivity index (χ3n) is 9.21. The highest BCUT2D eigenvalue weighted by molar-refractivity contribution is 6.19. The first-order valence-corrected chi connectivity index (χ1v) is 15.0. The van der Waals surface area contributed by atoms with Crippen molar-refractivity contribution in [3.63, 3.8) is 0 Å². The molecule has 8 aromatic heterocycles. The number of furan rings is 2. The van der Waals surface area contributed by atoms with E-state index in [0.29, 0.717) is 0 Å². The van der Waals surface area contributed by atoms with Crippen LogP contribution < -0.4 is 0 Å². The zero-order valence-corrected chi connectivity index (χ0v) is 24.0. The third-order valence-corrected chi connectivity index (χ3v) is 9.21. The molecule has 8 heteroatoms. The normalized spacial score (nSPS) is 12.3. The lowest BCUT2D eigenvalue weighted by Gasteiger charge is -2.07. The van der Waals surface area contributed by atoms with Gasteiger partial charge in [0.25, 0.3) is 0 Å². The fourth-order valence-corrected chi connectivity index (χ4v) is 7.24. The number of rotatable bonds is 2. The first kappa shape index (κ1) is 23.9. The Balaban J connectivity index is 1.13. The lowest BCUT2D eigenvalue weighted by Crippen LogP contribution is -1.93. The van der Waals surface area contributed by atoms with E-state index in [1.54, 1.807) is 0 Å². The minimum Gasteiger partial charge on any atom is -0.452 e. The lowest BCUT2D eigenvalue weighted by atomic mass is 10.1. The maximum Gasteiger partial charge on any atom is 0.178 e. The summed E-state index contributed by atoms with van der Waals surface area (Å²) in [6.07, 6.45) is 11.1. The molecule has 3 aromatic carbocycles. The Labute approximate surface area is 258 Å². The zero-order valence-electron chi connectivity index (χ0n) is 24.0. The van der Waals surface area contributed by atoms with E-state index in [2.05, 4.69) is 77.6 Å². The summed E-state index contributed by atoms with van der Waals surface area (Å²) in [4.78, 5) is 18.2. The monoisotopic (exact) mass is 592 g/mol. The highest BCUT2D eigenvalue weighted by atomic mass is 16.4. The van der Waals surface area contributed by atoms with Crippen molar-refractivity contribution in [1.29, 1.82) is 0 Å². The van der Waals surface area contributed by atoms with Crippen LogP contribution in [0.25, 0.3) is 99.1 Å². The number of hydrogen-bond donors (Lipinski definition) is 0. The molecule has 0 spiro atoms. The van der Waals surface area contributed by atoms with Gasteiger partial charge in [-0.15, -0.1) is 0 Å². The number of nitrogens with zero attached hydrogens (tertiary/aromatic N) is 6. The van der Waals surface area contributed by atoms with Crippen molar-refractivity contribution in [2.24, 2.45) is 0 Å². The van der Waals surface area contributed by atoms with E-state index >= 15 is 0 Å². The molecule has 0 fully saturated rings. The lowest BCUT2D eigenvalue weighted by molar-refractivity contribution is 0.633. The maximum absolute atomic E-state index is 6.51. The Hall–Kier alpha value is -6.54. The molecule has 0 saturated heterocycles. The third kappa shape index (κ3) is 3.02. The van der Waals surface area contributed by atoms with Crippen LogP contribution in [0.5, 0.6) is 0 Å². The standard InChI is InChI=1S/C38H20N6O2/c1-3-29-35(41-13-1)25-11-15-39-19-31(25)43(29)21-5-9-33-27(17-21)23-7-8-24-28-18-22(6-10-34(28)46-38(24)37(23)45-33)44-30-4-2-14-42-36(30)26-12-16-40-20-32(26)44/h1-20H. The second-order valence-electron chi connectivity index (χ2n) is 11.6. The van der Waals surface area contributed by atoms with Gasteiger partial charge < -0.3 is 18.0 Å². The van der Waals surface area contributed by atoms with Crippen LogP contribution >= 0.6 is 0 Å². The molecule has 0 atom stereocenters. The fourth-order valence-electron chi connectivity index (χ4n) is 7.24. The average Bonchev–Trinajstić information content (AvgIpc) is 3.85. The SMILES string of the molecule is c1cnc2c3ccncc3n(-c3ccc4oc5c(ccc6c7cc(-n8c9cnccc9c9ncccc98)ccc7oc65)c4c3)c2c1. The van der Waals surface area contributed by atoms with Crippen LogP contribution in [0.3, 0.4) is 0 Å². The van der Waals surface area contributed by atoms with Gasteiger partial charge in [-0.05, 0) is 84.9 Å². The summed E-state index contributed by atoms with van der Waals surface area (Å²) in [6.45, 7) is 0. The van der Waals surface area contributed by atoms with Crippen molar-refractivity contribution >= 4 is 87.7 Å². The molecule has 11 aromatic rings. The van der Waals surface area contributed by atoms with Gasteiger partial charge in [0.2, 0.25) is 0 Å². The molecule has 0 N–H and O–H groups in total. The molecule has 214 valence electrons. The molecule has 8 heterocycles. The summed E-state index contributed by atoms with van der Waals surface area (Å²) in [7, 11) is 0. The van der Waals surface area contributed by atoms with Crippen molar-refractivity contribution in [3.8, 4) is 11.4 Å². The van der Waals surface area contributed by atoms with Crippen LogP contribution in [-0.2, 0) is 0 Å². The average molecular weight is 593 g/mol. The van der Waals surface area contributed by atoms with Crippen LogP contribution in [0.2, 0.25) is 0 Å². The van der Waals surface area contributed by atoms with E-state index in [9.17, 15) is 0 Å². The van der Waals surface area contributed by atoms with E-state index < -0.39 is 0 Å². The van der Waals surface area contributed by atoms with E-state index in [0.717, 1.165) is 99.1 Å². The first-order valence-electron chi connectivity index (χ1n) is 15.0. The Morgan fingerprint density at radius 3 is 1.43 bits per heavy atom. The van der Waals surface area contributed by atoms with Gasteiger partial charge in [-0.1, -0.05) is 0 Å². The Morgan fingerprint density at radius 2 is 0.935 bits per heavy atom. The molecule has 8 nitrogen and oxygen atoms in total. The van der Waals surface area contributed by atoms with Crippen molar-refractivity contribution in [1.82, 2.24) is 29.1 Å². The van der Waals surface area contributed by atoms with Gasteiger partial charge in [-0.25, -0.2) is 0 Å². The maximum atomic E-state index is 6.51. The molecule has 0 saturated carbocycles. The van der Waals surface area contributed by atoms with Crippen molar-refractivity contribution in [2.75, 3.05) is 0 Å². The second-order valence-corrected chi connectivity index (χ2v) is 11.6. The van der Waals surface area contributed by atoms with Crippen LogP contribution in [0.4, 0.5) is 0 Å². The summed E-state index contributed by atoms with van der Waals surface area (Å²) < 4.78 is 17.4. The molecular formula is C38H20N6O2. The fraction of sp³-hybridized carbons (Fsp3) is 0. The van der Waals surface area contributed by atoms with Crippen LogP contribution in [-0.4, -0.2) is 29.1 Å². The van der Waals surface area contributed by atoms with Crippen LogP contribution in [0.15, 0.2) is 131 Å². The summed E-state index contributed by atoms with van der Waals surface area (Å²) in [6, 6.07) is 29.0. The topological polar surface area (TPSA) is 87.7 Å². The highest BCUT2D eigenvalue weighted by Crippen LogP contribution is 2.41. The minimum absolute atomic E-state index is 0.734. The van der Waals surface area contributed by atoms with Gasteiger partial charge >= 0.3 is 0 Å². The van der Waals surface area contributed by atoms with E-state index in [1.807, 2.05) is 73.6 Å². The summed E-state index contributed by atoms with van der Waals surface area (Å²) >= 11 is 0. The number of aromatic nitrogens is 6. The predicted octanol–water partition coefficient (Wildman–Crippen LogP) is 9.26. The Kier molecular flexibility index (Phi) is 4.43. The van der Waals surface area contributed by atoms with Gasteiger partial charge in [0.1, 0.15) is 11.2 Å². The molecule has 0 unspecified atom stereocenters. The van der Waals surface area contributed by atoms with Crippen molar-refractivity contribution in [3.05, 3.63) is 122 Å². The van der Waals surface area contributed by atoms with Crippen LogP contribution in [0.1, 0.15) is 0 Å². The van der Waals surface area contributed by atoms with Gasteiger partial charge in [-0.2, -0.15) is 0 Å². The molecule has 0 aliphatic rings.